The first-order valence-corrected chi connectivity index (χ1v) is 13.7. The first-order chi connectivity index (χ1) is 16.5. The predicted octanol–water partition coefficient (Wildman–Crippen LogP) is 4.13. The van der Waals surface area contributed by atoms with Crippen molar-refractivity contribution in [2.24, 2.45) is 0 Å². The number of carbonyl (C=O) groups excluding carboxylic acids is 1. The number of nitrogens with zero attached hydrogens (tertiary/aromatic N) is 1. The second kappa shape index (κ2) is 8.27. The molecule has 1 amide bonds. The Morgan fingerprint density at radius 2 is 1.83 bits per heavy atom. The summed E-state index contributed by atoms with van der Waals surface area (Å²) in [4.78, 5) is 13.3. The van der Waals surface area contributed by atoms with Gasteiger partial charge in [0.05, 0.1) is 11.7 Å². The SMILES string of the molecule is CC(C)(C)c1cc2cc(NC(=O)C3(c4ccc5c(c4)OCO5)CC3)ccc2n1CCNS(C)(=O)=O.[HH]. The van der Waals surface area contributed by atoms with Gasteiger partial charge in [-0.05, 0) is 54.8 Å². The molecule has 35 heavy (non-hydrogen) atoms. The number of hydrogen-bond donors (Lipinski definition) is 2. The van der Waals surface area contributed by atoms with Crippen LogP contribution in [0.3, 0.4) is 0 Å². The van der Waals surface area contributed by atoms with E-state index in [1.54, 1.807) is 0 Å². The first kappa shape index (κ1) is 23.7. The second-order valence-electron chi connectivity index (χ2n) is 10.5. The molecular formula is C26H33N3O5S. The van der Waals surface area contributed by atoms with Crippen molar-refractivity contribution in [2.45, 2.75) is 51.0 Å². The number of rotatable bonds is 7. The van der Waals surface area contributed by atoms with E-state index in [1.165, 1.54) is 0 Å². The minimum absolute atomic E-state index is 0. The lowest BCUT2D eigenvalue weighted by atomic mass is 9.92. The lowest BCUT2D eigenvalue weighted by Crippen LogP contribution is -2.28. The molecule has 0 unspecified atom stereocenters. The molecule has 2 aromatic carbocycles. The largest absolute Gasteiger partial charge is 0.454 e. The van der Waals surface area contributed by atoms with E-state index in [2.05, 4.69) is 41.4 Å². The van der Waals surface area contributed by atoms with Crippen molar-refractivity contribution in [3.63, 3.8) is 0 Å². The summed E-state index contributed by atoms with van der Waals surface area (Å²) in [5.74, 6) is 1.37. The molecule has 0 saturated heterocycles. The Kier molecular flexibility index (Phi) is 5.60. The Morgan fingerprint density at radius 1 is 1.09 bits per heavy atom. The Bertz CT molecular complexity index is 1420. The molecule has 3 aromatic rings. The Labute approximate surface area is 207 Å². The highest BCUT2D eigenvalue weighted by atomic mass is 32.2. The van der Waals surface area contributed by atoms with Gasteiger partial charge < -0.3 is 19.4 Å². The first-order valence-electron chi connectivity index (χ1n) is 11.8. The van der Waals surface area contributed by atoms with E-state index in [4.69, 9.17) is 9.47 Å². The fourth-order valence-corrected chi connectivity index (χ4v) is 5.23. The van der Waals surface area contributed by atoms with Crippen LogP contribution in [0.5, 0.6) is 11.5 Å². The van der Waals surface area contributed by atoms with E-state index in [-0.39, 0.29) is 19.5 Å². The lowest BCUT2D eigenvalue weighted by molar-refractivity contribution is -0.118. The molecule has 1 aromatic heterocycles. The minimum Gasteiger partial charge on any atom is -0.454 e. The third-order valence-corrected chi connectivity index (χ3v) is 7.47. The van der Waals surface area contributed by atoms with Gasteiger partial charge in [0.1, 0.15) is 0 Å². The number of nitrogens with one attached hydrogen (secondary N) is 2. The summed E-state index contributed by atoms with van der Waals surface area (Å²) in [6.07, 6.45) is 2.74. The molecule has 5 rings (SSSR count). The summed E-state index contributed by atoms with van der Waals surface area (Å²) in [6, 6.07) is 13.7. The summed E-state index contributed by atoms with van der Waals surface area (Å²) in [5, 5.41) is 4.12. The average Bonchev–Trinajstić information content (AvgIpc) is 3.31. The molecular weight excluding hydrogens is 466 g/mol. The van der Waals surface area contributed by atoms with Crippen LogP contribution in [0.25, 0.3) is 10.9 Å². The zero-order valence-corrected chi connectivity index (χ0v) is 21.3. The third kappa shape index (κ3) is 4.62. The fraction of sp³-hybridized carbons (Fsp3) is 0.423. The quantitative estimate of drug-likeness (QED) is 0.509. The van der Waals surface area contributed by atoms with Crippen LogP contribution in [0.2, 0.25) is 0 Å². The van der Waals surface area contributed by atoms with E-state index in [1.807, 2.05) is 36.4 Å². The minimum atomic E-state index is -3.26. The van der Waals surface area contributed by atoms with Crippen molar-refractivity contribution in [3.8, 4) is 11.5 Å². The van der Waals surface area contributed by atoms with Gasteiger partial charge in [0.25, 0.3) is 0 Å². The number of anilines is 1. The number of amides is 1. The highest BCUT2D eigenvalue weighted by molar-refractivity contribution is 7.88. The summed E-state index contributed by atoms with van der Waals surface area (Å²) >= 11 is 0. The molecule has 2 aliphatic rings. The zero-order valence-electron chi connectivity index (χ0n) is 20.5. The number of fused-ring (bicyclic) bond motifs is 2. The normalized spacial score (nSPS) is 16.5. The molecule has 0 spiro atoms. The predicted molar refractivity (Wildman–Crippen MR) is 138 cm³/mol. The molecule has 0 radical (unpaired) electrons. The summed E-state index contributed by atoms with van der Waals surface area (Å²) in [7, 11) is -3.26. The lowest BCUT2D eigenvalue weighted by Gasteiger charge is -2.22. The molecule has 1 fully saturated rings. The van der Waals surface area contributed by atoms with E-state index in [0.29, 0.717) is 24.6 Å². The zero-order chi connectivity index (χ0) is 25.0. The van der Waals surface area contributed by atoms with E-state index in [0.717, 1.165) is 46.9 Å². The van der Waals surface area contributed by atoms with Crippen LogP contribution in [0.15, 0.2) is 42.5 Å². The molecule has 8 nitrogen and oxygen atoms in total. The number of carbonyl (C=O) groups is 1. The summed E-state index contributed by atoms with van der Waals surface area (Å²) < 4.78 is 38.7. The van der Waals surface area contributed by atoms with Gasteiger partial charge in [-0.1, -0.05) is 26.8 Å². The van der Waals surface area contributed by atoms with Gasteiger partial charge in [-0.3, -0.25) is 4.79 Å². The van der Waals surface area contributed by atoms with Gasteiger partial charge in [0, 0.05) is 42.2 Å². The van der Waals surface area contributed by atoms with Crippen LogP contribution >= 0.6 is 0 Å². The van der Waals surface area contributed by atoms with Gasteiger partial charge in [-0.15, -0.1) is 0 Å². The Hall–Kier alpha value is -3.04. The monoisotopic (exact) mass is 499 g/mol. The van der Waals surface area contributed by atoms with E-state index < -0.39 is 15.4 Å². The summed E-state index contributed by atoms with van der Waals surface area (Å²) in [6.45, 7) is 7.43. The molecule has 9 heteroatoms. The maximum absolute atomic E-state index is 13.3. The summed E-state index contributed by atoms with van der Waals surface area (Å²) in [5.41, 5.74) is 3.10. The topological polar surface area (TPSA) is 98.7 Å². The van der Waals surface area contributed by atoms with Gasteiger partial charge in [-0.25, -0.2) is 13.1 Å². The van der Waals surface area contributed by atoms with Crippen molar-refractivity contribution in [3.05, 3.63) is 53.7 Å². The fourth-order valence-electron chi connectivity index (χ4n) is 4.77. The maximum Gasteiger partial charge on any atom is 0.235 e. The van der Waals surface area contributed by atoms with Gasteiger partial charge in [-0.2, -0.15) is 0 Å². The molecule has 1 aliphatic heterocycles. The molecule has 1 saturated carbocycles. The van der Waals surface area contributed by atoms with Crippen molar-refractivity contribution in [2.75, 3.05) is 24.9 Å². The standard InChI is InChI=1S/C26H31N3O5S.H2/c1-25(2,3)23-14-17-13-19(6-7-20(17)29(23)12-11-27-35(4,31)32)28-24(30)26(9-10-26)18-5-8-21-22(15-18)34-16-33-21;/h5-8,13-15,27H,9-12,16H2,1-4H3,(H,28,30);1H. The Morgan fingerprint density at radius 3 is 2.51 bits per heavy atom. The molecule has 2 heterocycles. The highest BCUT2D eigenvalue weighted by Gasteiger charge is 2.51. The molecule has 188 valence electrons. The maximum atomic E-state index is 13.3. The molecule has 2 N–H and O–H groups in total. The number of benzene rings is 2. The number of sulfonamides is 1. The van der Waals surface area contributed by atoms with Crippen molar-refractivity contribution >= 4 is 32.5 Å². The average molecular weight is 500 g/mol. The van der Waals surface area contributed by atoms with E-state index in [9.17, 15) is 13.2 Å². The van der Waals surface area contributed by atoms with Crippen LogP contribution in [0.1, 0.15) is 46.3 Å². The van der Waals surface area contributed by atoms with Crippen LogP contribution in [0.4, 0.5) is 5.69 Å². The van der Waals surface area contributed by atoms with Crippen molar-refractivity contribution < 1.29 is 24.1 Å². The Balaban J connectivity index is 0.00000304. The third-order valence-electron chi connectivity index (χ3n) is 6.74. The number of aromatic nitrogens is 1. The molecule has 1 aliphatic carbocycles. The van der Waals surface area contributed by atoms with Gasteiger partial charge in [0.15, 0.2) is 11.5 Å². The van der Waals surface area contributed by atoms with Crippen LogP contribution < -0.4 is 19.5 Å². The highest BCUT2D eigenvalue weighted by Crippen LogP contribution is 2.51. The smallest absolute Gasteiger partial charge is 0.235 e. The number of hydrogen-bond acceptors (Lipinski definition) is 5. The van der Waals surface area contributed by atoms with Crippen LogP contribution in [0, 0.1) is 0 Å². The number of ether oxygens (including phenoxy) is 2. The van der Waals surface area contributed by atoms with Gasteiger partial charge in [0.2, 0.25) is 22.7 Å². The molecule has 0 bridgehead atoms. The van der Waals surface area contributed by atoms with Gasteiger partial charge >= 0.3 is 0 Å². The van der Waals surface area contributed by atoms with Crippen molar-refractivity contribution in [1.29, 1.82) is 0 Å². The van der Waals surface area contributed by atoms with E-state index >= 15 is 0 Å². The van der Waals surface area contributed by atoms with Crippen LogP contribution in [-0.4, -0.2) is 38.5 Å². The van der Waals surface area contributed by atoms with Crippen LogP contribution in [-0.2, 0) is 32.2 Å². The second-order valence-corrected chi connectivity index (χ2v) is 12.3. The van der Waals surface area contributed by atoms with Crippen molar-refractivity contribution in [1.82, 2.24) is 9.29 Å². The molecule has 0 atom stereocenters.